The average Bonchev–Trinajstić information content (AvgIpc) is 2.99. The van der Waals surface area contributed by atoms with Crippen molar-refractivity contribution in [2.75, 3.05) is 57.8 Å². The first kappa shape index (κ1) is 26.8. The topological polar surface area (TPSA) is 52.6 Å². The molecule has 0 bridgehead atoms. The third kappa shape index (κ3) is 5.59. The molecule has 2 saturated heterocycles. The van der Waals surface area contributed by atoms with E-state index < -0.39 is 11.6 Å². The molecule has 0 aliphatic carbocycles. The van der Waals surface area contributed by atoms with Crippen LogP contribution >= 0.6 is 11.8 Å². The molecular weight excluding hydrogens is 528 g/mol. The van der Waals surface area contributed by atoms with Crippen molar-refractivity contribution in [3.8, 4) is 22.4 Å². The van der Waals surface area contributed by atoms with Gasteiger partial charge in [-0.05, 0) is 42.9 Å². The maximum Gasteiger partial charge on any atom is 0.253 e. The Hall–Kier alpha value is -3.40. The number of rotatable bonds is 5. The Morgan fingerprint density at radius 1 is 0.900 bits per heavy atom. The van der Waals surface area contributed by atoms with Crippen LogP contribution in [0.25, 0.3) is 33.4 Å². The Bertz CT molecular complexity index is 1530. The van der Waals surface area contributed by atoms with Gasteiger partial charge < -0.3 is 9.80 Å². The molecule has 6 nitrogen and oxygen atoms in total. The Morgan fingerprint density at radius 3 is 2.38 bits per heavy atom. The van der Waals surface area contributed by atoms with Gasteiger partial charge in [-0.25, -0.2) is 13.8 Å². The van der Waals surface area contributed by atoms with Crippen molar-refractivity contribution < 1.29 is 13.6 Å². The van der Waals surface area contributed by atoms with Crippen LogP contribution in [-0.4, -0.2) is 88.4 Å². The summed E-state index contributed by atoms with van der Waals surface area (Å²) in [5, 5.41) is 0. The average molecular weight is 560 g/mol. The highest BCUT2D eigenvalue weighted by Gasteiger charge is 2.22. The molecule has 6 rings (SSSR count). The van der Waals surface area contributed by atoms with Gasteiger partial charge in [-0.1, -0.05) is 24.3 Å². The molecule has 1 amide bonds. The van der Waals surface area contributed by atoms with E-state index in [2.05, 4.69) is 21.8 Å². The van der Waals surface area contributed by atoms with E-state index in [0.717, 1.165) is 43.2 Å². The lowest BCUT2D eigenvalue weighted by Crippen LogP contribution is -2.47. The number of carbonyl (C=O) groups is 1. The maximum absolute atomic E-state index is 15.2. The van der Waals surface area contributed by atoms with E-state index >= 15 is 8.78 Å². The minimum atomic E-state index is -0.551. The number of fused-ring (bicyclic) bond motifs is 1. The Morgan fingerprint density at radius 2 is 1.62 bits per heavy atom. The minimum absolute atomic E-state index is 0.00117. The van der Waals surface area contributed by atoms with Crippen LogP contribution in [-0.2, 0) is 6.54 Å². The zero-order valence-corrected chi connectivity index (χ0v) is 23.3. The van der Waals surface area contributed by atoms with Crippen molar-refractivity contribution in [3.63, 3.8) is 0 Å². The third-order valence-electron chi connectivity index (χ3n) is 7.71. The number of aromatic nitrogens is 2. The number of benzene rings is 3. The van der Waals surface area contributed by atoms with E-state index in [4.69, 9.17) is 4.98 Å². The van der Waals surface area contributed by atoms with Crippen molar-refractivity contribution >= 4 is 28.7 Å². The highest BCUT2D eigenvalue weighted by atomic mass is 32.2. The predicted octanol–water partition coefficient (Wildman–Crippen LogP) is 5.18. The smallest absolute Gasteiger partial charge is 0.253 e. The highest BCUT2D eigenvalue weighted by molar-refractivity contribution is 7.99. The van der Waals surface area contributed by atoms with Crippen LogP contribution in [0.3, 0.4) is 0 Å². The number of halogens is 2. The molecule has 4 aromatic rings. The summed E-state index contributed by atoms with van der Waals surface area (Å²) in [4.78, 5) is 28.8. The van der Waals surface area contributed by atoms with E-state index in [1.54, 1.807) is 6.20 Å². The second-order valence-corrected chi connectivity index (χ2v) is 11.6. The fourth-order valence-corrected chi connectivity index (χ4v) is 6.28. The standard InChI is InChI=1S/C31H31F2N5OS/c1-36-8-10-38(11-9-36)31(39)22-5-2-4-21(16-22)29-19-34-28-7-3-6-24(30(28)35-29)23-17-26(32)25(27(33)18-23)20-37-12-14-40-15-13-37/h2-7,16-19H,8-15,20H2,1H3. The van der Waals surface area contributed by atoms with Crippen LogP contribution in [0.15, 0.2) is 60.8 Å². The van der Waals surface area contributed by atoms with E-state index in [1.807, 2.05) is 59.1 Å². The summed E-state index contributed by atoms with van der Waals surface area (Å²) < 4.78 is 30.5. The lowest BCUT2D eigenvalue weighted by atomic mass is 10.0. The SMILES string of the molecule is CN1CCN(C(=O)c2cccc(-c3cnc4cccc(-c5cc(F)c(CN6CCSCC6)c(F)c5)c4n3)c2)CC1. The predicted molar refractivity (Wildman–Crippen MR) is 156 cm³/mol. The van der Waals surface area contributed by atoms with Gasteiger partial charge in [0.15, 0.2) is 0 Å². The van der Waals surface area contributed by atoms with Gasteiger partial charge in [0.05, 0.1) is 22.9 Å². The molecule has 1 aromatic heterocycles. The first-order chi connectivity index (χ1) is 19.5. The molecule has 0 saturated carbocycles. The van der Waals surface area contributed by atoms with Crippen LogP contribution in [0.2, 0.25) is 0 Å². The number of hydrogen-bond acceptors (Lipinski definition) is 6. The number of hydrogen-bond donors (Lipinski definition) is 0. The molecule has 3 heterocycles. The number of carbonyl (C=O) groups excluding carboxylic acids is 1. The molecule has 206 valence electrons. The van der Waals surface area contributed by atoms with Crippen LogP contribution in [0.4, 0.5) is 8.78 Å². The van der Waals surface area contributed by atoms with Crippen molar-refractivity contribution in [3.05, 3.63) is 83.6 Å². The minimum Gasteiger partial charge on any atom is -0.336 e. The number of piperazine rings is 1. The first-order valence-corrected chi connectivity index (χ1v) is 14.7. The van der Waals surface area contributed by atoms with Crippen LogP contribution in [0.1, 0.15) is 15.9 Å². The quantitative estimate of drug-likeness (QED) is 0.336. The number of nitrogens with zero attached hydrogens (tertiary/aromatic N) is 5. The molecule has 9 heteroatoms. The van der Waals surface area contributed by atoms with Gasteiger partial charge in [-0.3, -0.25) is 14.7 Å². The lowest BCUT2D eigenvalue weighted by Gasteiger charge is -2.32. The lowest BCUT2D eigenvalue weighted by molar-refractivity contribution is 0.0664. The normalized spacial score (nSPS) is 16.9. The van der Waals surface area contributed by atoms with Crippen LogP contribution in [0.5, 0.6) is 0 Å². The van der Waals surface area contributed by atoms with Crippen molar-refractivity contribution in [2.24, 2.45) is 0 Å². The molecular formula is C31H31F2N5OS. The zero-order chi connectivity index (χ0) is 27.6. The molecule has 0 unspecified atom stereocenters. The van der Waals surface area contributed by atoms with Gasteiger partial charge in [0.25, 0.3) is 5.91 Å². The summed E-state index contributed by atoms with van der Waals surface area (Å²) in [5.41, 5.74) is 4.26. The molecule has 0 spiro atoms. The van der Waals surface area contributed by atoms with E-state index in [-0.39, 0.29) is 18.0 Å². The summed E-state index contributed by atoms with van der Waals surface area (Å²) in [7, 11) is 2.06. The molecule has 0 atom stereocenters. The van der Waals surface area contributed by atoms with Crippen molar-refractivity contribution in [1.29, 1.82) is 0 Å². The molecule has 0 N–H and O–H groups in total. The van der Waals surface area contributed by atoms with Gasteiger partial charge in [0.2, 0.25) is 0 Å². The Labute approximate surface area is 237 Å². The van der Waals surface area contributed by atoms with Gasteiger partial charge in [0.1, 0.15) is 11.6 Å². The second kappa shape index (κ2) is 11.6. The van der Waals surface area contributed by atoms with Gasteiger partial charge in [-0.2, -0.15) is 11.8 Å². The van der Waals surface area contributed by atoms with Crippen molar-refractivity contribution in [1.82, 2.24) is 24.7 Å². The summed E-state index contributed by atoms with van der Waals surface area (Å²) in [6, 6.07) is 15.7. The molecule has 2 aliphatic rings. The third-order valence-corrected chi connectivity index (χ3v) is 8.65. The summed E-state index contributed by atoms with van der Waals surface area (Å²) in [6.07, 6.45) is 1.67. The monoisotopic (exact) mass is 559 g/mol. The molecule has 2 aliphatic heterocycles. The van der Waals surface area contributed by atoms with E-state index in [0.29, 0.717) is 46.5 Å². The number of amides is 1. The molecule has 3 aromatic carbocycles. The maximum atomic E-state index is 15.2. The largest absolute Gasteiger partial charge is 0.336 e. The number of thioether (sulfide) groups is 1. The second-order valence-electron chi connectivity index (χ2n) is 10.4. The Balaban J connectivity index is 1.32. The highest BCUT2D eigenvalue weighted by Crippen LogP contribution is 2.31. The Kier molecular flexibility index (Phi) is 7.78. The number of para-hydroxylation sites is 1. The van der Waals surface area contributed by atoms with Crippen LogP contribution < -0.4 is 0 Å². The van der Waals surface area contributed by atoms with Crippen LogP contribution in [0, 0.1) is 11.6 Å². The van der Waals surface area contributed by atoms with E-state index in [1.165, 1.54) is 12.1 Å². The fourth-order valence-electron chi connectivity index (χ4n) is 5.30. The van der Waals surface area contributed by atoms with Crippen molar-refractivity contribution in [2.45, 2.75) is 6.54 Å². The van der Waals surface area contributed by atoms with Gasteiger partial charge >= 0.3 is 0 Å². The van der Waals surface area contributed by atoms with E-state index in [9.17, 15) is 4.79 Å². The molecule has 40 heavy (non-hydrogen) atoms. The number of likely N-dealkylation sites (N-methyl/N-ethyl adjacent to an activating group) is 1. The fraction of sp³-hybridized carbons (Fsp3) is 0.323. The van der Waals surface area contributed by atoms with Gasteiger partial charge in [0, 0.05) is 79.6 Å². The summed E-state index contributed by atoms with van der Waals surface area (Å²) in [6.45, 7) is 5.02. The molecule has 0 radical (unpaired) electrons. The summed E-state index contributed by atoms with van der Waals surface area (Å²) >= 11 is 1.86. The first-order valence-electron chi connectivity index (χ1n) is 13.6. The van der Waals surface area contributed by atoms with Gasteiger partial charge in [-0.15, -0.1) is 0 Å². The zero-order valence-electron chi connectivity index (χ0n) is 22.4. The molecule has 2 fully saturated rings. The summed E-state index contributed by atoms with van der Waals surface area (Å²) in [5.74, 6) is 0.851.